The van der Waals surface area contributed by atoms with Gasteiger partial charge in [0.15, 0.2) is 0 Å². The summed E-state index contributed by atoms with van der Waals surface area (Å²) in [6, 6.07) is 0. The number of carbonyl (C=O) groups excluding carboxylic acids is 2. The largest absolute Gasteiger partial charge is 0.299 e. The Morgan fingerprint density at radius 1 is 1.13 bits per heavy atom. The first-order valence-electron chi connectivity index (χ1n) is 12.4. The highest BCUT2D eigenvalue weighted by Crippen LogP contribution is 2.66. The summed E-state index contributed by atoms with van der Waals surface area (Å²) >= 11 is 0. The number of fused-ring (bicyclic) bond motifs is 5. The third kappa shape index (κ3) is 3.40. The fourth-order valence-electron chi connectivity index (χ4n) is 7.94. The van der Waals surface area contributed by atoms with E-state index in [4.69, 9.17) is 0 Å². The molecule has 0 aromatic carbocycles. The second kappa shape index (κ2) is 7.94. The minimum Gasteiger partial charge on any atom is -0.299 e. The van der Waals surface area contributed by atoms with E-state index in [1.54, 1.807) is 0 Å². The fraction of sp³-hybridized carbons (Fsp3) is 0.750. The second-order valence-electron chi connectivity index (χ2n) is 11.7. The van der Waals surface area contributed by atoms with Gasteiger partial charge in [-0.25, -0.2) is 4.79 Å². The van der Waals surface area contributed by atoms with Crippen molar-refractivity contribution in [3.05, 3.63) is 29.4 Å². The zero-order chi connectivity index (χ0) is 21.7. The third-order valence-corrected chi connectivity index (χ3v) is 9.93. The topological polar surface area (TPSA) is 34.1 Å². The van der Waals surface area contributed by atoms with E-state index in [9.17, 15) is 9.59 Å². The molecule has 164 valence electrons. The van der Waals surface area contributed by atoms with E-state index in [1.165, 1.54) is 31.3 Å². The molecule has 0 saturated heterocycles. The Balaban J connectivity index is 1.54. The summed E-state index contributed by atoms with van der Waals surface area (Å²) < 4.78 is 0. The van der Waals surface area contributed by atoms with Crippen molar-refractivity contribution in [2.75, 3.05) is 0 Å². The molecule has 30 heavy (non-hydrogen) atoms. The van der Waals surface area contributed by atoms with Crippen LogP contribution in [0.1, 0.15) is 86.0 Å². The van der Waals surface area contributed by atoms with Crippen LogP contribution in [0.15, 0.2) is 29.4 Å². The van der Waals surface area contributed by atoms with E-state index in [0.717, 1.165) is 43.1 Å². The molecule has 4 aliphatic rings. The van der Waals surface area contributed by atoms with E-state index in [2.05, 4.69) is 44.9 Å². The van der Waals surface area contributed by atoms with Crippen LogP contribution < -0.4 is 0 Å². The molecule has 7 atom stereocenters. The van der Waals surface area contributed by atoms with Crippen LogP contribution in [0.25, 0.3) is 0 Å². The molecule has 2 fully saturated rings. The SMILES string of the molecule is CC(C)C(=O)CCC(C)C1CCC2C3C=CC4=CC(=C=O)CCC4(C)C3CCC12C. The molecule has 0 radical (unpaired) electrons. The van der Waals surface area contributed by atoms with Gasteiger partial charge in [0.05, 0.1) is 0 Å². The number of allylic oxidation sites excluding steroid dienone is 5. The van der Waals surface area contributed by atoms with Gasteiger partial charge in [-0.2, -0.15) is 0 Å². The van der Waals surface area contributed by atoms with Crippen LogP contribution in [0.3, 0.4) is 0 Å². The predicted molar refractivity (Wildman–Crippen MR) is 123 cm³/mol. The van der Waals surface area contributed by atoms with Crippen LogP contribution in [0, 0.1) is 46.3 Å². The monoisotopic (exact) mass is 408 g/mol. The van der Waals surface area contributed by atoms with Gasteiger partial charge in [0.1, 0.15) is 11.7 Å². The summed E-state index contributed by atoms with van der Waals surface area (Å²) in [5, 5.41) is 0. The maximum absolute atomic E-state index is 12.2. The Hall–Kier alpha value is -1.40. The lowest BCUT2D eigenvalue weighted by Crippen LogP contribution is -2.49. The van der Waals surface area contributed by atoms with E-state index >= 15 is 0 Å². The summed E-state index contributed by atoms with van der Waals surface area (Å²) in [5.41, 5.74) is 2.84. The van der Waals surface area contributed by atoms with Crippen molar-refractivity contribution in [3.63, 3.8) is 0 Å². The summed E-state index contributed by atoms with van der Waals surface area (Å²) in [5.74, 6) is 6.26. The maximum Gasteiger partial charge on any atom is 0.135 e. The number of rotatable bonds is 5. The van der Waals surface area contributed by atoms with Gasteiger partial charge in [-0.05, 0) is 97.0 Å². The Labute approximate surface area is 183 Å². The van der Waals surface area contributed by atoms with Crippen LogP contribution in [-0.4, -0.2) is 11.7 Å². The Morgan fingerprint density at radius 2 is 1.90 bits per heavy atom. The van der Waals surface area contributed by atoms with Crippen molar-refractivity contribution in [1.29, 1.82) is 0 Å². The lowest BCUT2D eigenvalue weighted by molar-refractivity contribution is -0.122. The van der Waals surface area contributed by atoms with Crippen molar-refractivity contribution < 1.29 is 9.59 Å². The smallest absolute Gasteiger partial charge is 0.135 e. The van der Waals surface area contributed by atoms with E-state index in [-0.39, 0.29) is 11.3 Å². The molecule has 0 spiro atoms. The van der Waals surface area contributed by atoms with E-state index in [1.807, 2.05) is 13.8 Å². The Kier molecular flexibility index (Phi) is 5.77. The van der Waals surface area contributed by atoms with E-state index < -0.39 is 0 Å². The first-order chi connectivity index (χ1) is 14.2. The quantitative estimate of drug-likeness (QED) is 0.472. The number of carbonyl (C=O) groups is 1. The molecular weight excluding hydrogens is 368 g/mol. The van der Waals surface area contributed by atoms with Gasteiger partial charge in [0.2, 0.25) is 0 Å². The number of hydrogen-bond donors (Lipinski definition) is 0. The molecule has 0 heterocycles. The summed E-state index contributed by atoms with van der Waals surface area (Å²) in [6.07, 6.45) is 16.0. The average molecular weight is 409 g/mol. The zero-order valence-electron chi connectivity index (χ0n) is 19.7. The van der Waals surface area contributed by atoms with Gasteiger partial charge in [0, 0.05) is 17.9 Å². The molecule has 4 rings (SSSR count). The fourth-order valence-corrected chi connectivity index (χ4v) is 7.94. The number of ketones is 1. The molecular formula is C28H40O2. The van der Waals surface area contributed by atoms with Crippen LogP contribution >= 0.6 is 0 Å². The molecule has 0 amide bonds. The first-order valence-corrected chi connectivity index (χ1v) is 12.4. The minimum atomic E-state index is 0.167. The molecule has 0 N–H and O–H groups in total. The van der Waals surface area contributed by atoms with Crippen LogP contribution in [0.4, 0.5) is 0 Å². The second-order valence-corrected chi connectivity index (χ2v) is 11.7. The number of hydrogen-bond acceptors (Lipinski definition) is 2. The molecule has 0 aromatic rings. The molecule has 2 nitrogen and oxygen atoms in total. The van der Waals surface area contributed by atoms with Gasteiger partial charge in [-0.15, -0.1) is 0 Å². The van der Waals surface area contributed by atoms with Gasteiger partial charge in [-0.3, -0.25) is 4.79 Å². The standard InChI is InChI=1S/C28H40O2/c1-18(2)26(30)11-6-19(3)23-9-10-24-22-8-7-21-16-20(17-29)12-14-27(21,4)25(22)13-15-28(23,24)5/h7-8,16,18-19,22-25H,6,9-15H2,1-5H3. The van der Waals surface area contributed by atoms with Crippen molar-refractivity contribution in [1.82, 2.24) is 0 Å². The van der Waals surface area contributed by atoms with Gasteiger partial charge in [0.25, 0.3) is 0 Å². The third-order valence-electron chi connectivity index (χ3n) is 9.93. The molecule has 0 bridgehead atoms. The van der Waals surface area contributed by atoms with Crippen molar-refractivity contribution in [2.45, 2.75) is 86.0 Å². The number of Topliss-reactive ketones (excluding diaryl/α,β-unsaturated/α-hetero) is 1. The summed E-state index contributed by atoms with van der Waals surface area (Å²) in [4.78, 5) is 23.4. The summed E-state index contributed by atoms with van der Waals surface area (Å²) in [7, 11) is 0. The lowest BCUT2D eigenvalue weighted by atomic mass is 9.48. The molecule has 0 aromatic heterocycles. The minimum absolute atomic E-state index is 0.167. The van der Waals surface area contributed by atoms with Gasteiger partial charge >= 0.3 is 0 Å². The Bertz CT molecular complexity index is 810. The van der Waals surface area contributed by atoms with Crippen LogP contribution in [0.5, 0.6) is 0 Å². The van der Waals surface area contributed by atoms with Crippen LogP contribution in [0.2, 0.25) is 0 Å². The molecule has 2 heteroatoms. The molecule has 2 saturated carbocycles. The first kappa shape index (κ1) is 21.8. The van der Waals surface area contributed by atoms with Crippen LogP contribution in [-0.2, 0) is 9.59 Å². The van der Waals surface area contributed by atoms with Crippen molar-refractivity contribution >= 4 is 11.7 Å². The highest BCUT2D eigenvalue weighted by atomic mass is 16.1. The zero-order valence-corrected chi connectivity index (χ0v) is 19.7. The molecule has 7 unspecified atom stereocenters. The highest BCUT2D eigenvalue weighted by Gasteiger charge is 2.58. The van der Waals surface area contributed by atoms with E-state index in [0.29, 0.717) is 29.0 Å². The van der Waals surface area contributed by atoms with Gasteiger partial charge in [-0.1, -0.05) is 46.8 Å². The normalized spacial score (nSPS) is 40.9. The average Bonchev–Trinajstić information content (AvgIpc) is 3.08. The Morgan fingerprint density at radius 3 is 2.60 bits per heavy atom. The highest BCUT2D eigenvalue weighted by molar-refractivity contribution is 5.80. The lowest BCUT2D eigenvalue weighted by Gasteiger charge is -2.56. The maximum atomic E-state index is 12.2. The molecule has 0 aliphatic heterocycles. The molecule has 4 aliphatic carbocycles. The predicted octanol–water partition coefficient (Wildman–Crippen LogP) is 6.74. The van der Waals surface area contributed by atoms with Crippen molar-refractivity contribution in [3.8, 4) is 0 Å². The van der Waals surface area contributed by atoms with Crippen molar-refractivity contribution in [2.24, 2.45) is 46.3 Å². The summed E-state index contributed by atoms with van der Waals surface area (Å²) in [6.45, 7) is 11.5. The van der Waals surface area contributed by atoms with Gasteiger partial charge < -0.3 is 0 Å².